The maximum absolute atomic E-state index is 11.8. The Hall–Kier alpha value is -2.57. The van der Waals surface area contributed by atoms with E-state index in [1.54, 1.807) is 0 Å². The summed E-state index contributed by atoms with van der Waals surface area (Å²) in [5, 5.41) is 7.85. The number of fused-ring (bicyclic) bond motifs is 1. The van der Waals surface area contributed by atoms with Gasteiger partial charge in [-0.2, -0.15) is 0 Å². The molecule has 7 heteroatoms. The Morgan fingerprint density at radius 2 is 2.35 bits per heavy atom. The second-order valence-corrected chi connectivity index (χ2v) is 4.83. The summed E-state index contributed by atoms with van der Waals surface area (Å²) in [6.45, 7) is 2.66. The van der Waals surface area contributed by atoms with Crippen LogP contribution in [0.15, 0.2) is 24.5 Å². The molecule has 2 aromatic heterocycles. The summed E-state index contributed by atoms with van der Waals surface area (Å²) >= 11 is 0. The standard InChI is InChI=1S/C13H15N5O2/c1-8-2-3-11-16-9(7-18(11)6-8)4-14-12(19)10-5-15-13(20)17-10/h2-3,6-7,10H,4-5H2,1H3,(H,14,19)(H2,15,17,20)/t10-/m0/s1. The van der Waals surface area contributed by atoms with Crippen molar-refractivity contribution in [1.29, 1.82) is 0 Å². The van der Waals surface area contributed by atoms with Crippen molar-refractivity contribution in [3.05, 3.63) is 35.8 Å². The van der Waals surface area contributed by atoms with E-state index in [1.807, 2.05) is 35.9 Å². The zero-order valence-electron chi connectivity index (χ0n) is 11.0. The topological polar surface area (TPSA) is 87.5 Å². The van der Waals surface area contributed by atoms with Gasteiger partial charge in [-0.1, -0.05) is 6.07 Å². The minimum atomic E-state index is -0.512. The van der Waals surface area contributed by atoms with Gasteiger partial charge in [-0.05, 0) is 18.6 Å². The third-order valence-electron chi connectivity index (χ3n) is 3.18. The second-order valence-electron chi connectivity index (χ2n) is 4.83. The summed E-state index contributed by atoms with van der Waals surface area (Å²) in [5.41, 5.74) is 2.77. The zero-order valence-corrected chi connectivity index (χ0v) is 11.0. The lowest BCUT2D eigenvalue weighted by atomic mass is 10.3. The van der Waals surface area contributed by atoms with Crippen molar-refractivity contribution >= 4 is 17.6 Å². The summed E-state index contributed by atoms with van der Waals surface area (Å²) in [6.07, 6.45) is 3.86. The number of carbonyl (C=O) groups excluding carboxylic acids is 2. The molecule has 0 unspecified atom stereocenters. The highest BCUT2D eigenvalue weighted by atomic mass is 16.2. The Bertz CT molecular complexity index is 678. The molecular formula is C13H15N5O2. The number of nitrogens with one attached hydrogen (secondary N) is 3. The molecular weight excluding hydrogens is 258 g/mol. The molecule has 0 saturated carbocycles. The van der Waals surface area contributed by atoms with Crippen LogP contribution in [0.3, 0.4) is 0 Å². The highest BCUT2D eigenvalue weighted by Gasteiger charge is 2.26. The van der Waals surface area contributed by atoms with E-state index in [4.69, 9.17) is 0 Å². The van der Waals surface area contributed by atoms with Gasteiger partial charge in [-0.15, -0.1) is 0 Å². The van der Waals surface area contributed by atoms with Gasteiger partial charge in [0.05, 0.1) is 12.2 Å². The Morgan fingerprint density at radius 3 is 3.10 bits per heavy atom. The van der Waals surface area contributed by atoms with Crippen molar-refractivity contribution in [3.8, 4) is 0 Å². The van der Waals surface area contributed by atoms with E-state index in [0.717, 1.165) is 16.9 Å². The van der Waals surface area contributed by atoms with Crippen molar-refractivity contribution in [1.82, 2.24) is 25.3 Å². The molecule has 1 aliphatic heterocycles. The average Bonchev–Trinajstić information content (AvgIpc) is 3.01. The molecule has 0 aromatic carbocycles. The number of rotatable bonds is 3. The Kier molecular flexibility index (Phi) is 3.02. The Balaban J connectivity index is 1.64. The van der Waals surface area contributed by atoms with Crippen LogP contribution in [0, 0.1) is 6.92 Å². The molecule has 104 valence electrons. The number of urea groups is 1. The molecule has 3 N–H and O–H groups in total. The fourth-order valence-corrected chi connectivity index (χ4v) is 2.15. The largest absolute Gasteiger partial charge is 0.349 e. The van der Waals surface area contributed by atoms with Gasteiger partial charge in [0.2, 0.25) is 5.91 Å². The predicted molar refractivity (Wildman–Crippen MR) is 72.1 cm³/mol. The monoisotopic (exact) mass is 273 g/mol. The average molecular weight is 273 g/mol. The molecule has 0 radical (unpaired) electrons. The molecule has 7 nitrogen and oxygen atoms in total. The summed E-state index contributed by atoms with van der Waals surface area (Å²) in [4.78, 5) is 27.2. The molecule has 1 saturated heterocycles. The minimum Gasteiger partial charge on any atom is -0.349 e. The van der Waals surface area contributed by atoms with E-state index in [1.165, 1.54) is 0 Å². The van der Waals surface area contributed by atoms with E-state index in [-0.39, 0.29) is 11.9 Å². The van der Waals surface area contributed by atoms with E-state index in [0.29, 0.717) is 13.1 Å². The number of amides is 3. The molecule has 0 aliphatic carbocycles. The van der Waals surface area contributed by atoms with Crippen molar-refractivity contribution < 1.29 is 9.59 Å². The van der Waals surface area contributed by atoms with Gasteiger partial charge in [0, 0.05) is 18.9 Å². The smallest absolute Gasteiger partial charge is 0.315 e. The number of nitrogens with zero attached hydrogens (tertiary/aromatic N) is 2. The fourth-order valence-electron chi connectivity index (χ4n) is 2.15. The van der Waals surface area contributed by atoms with Gasteiger partial charge >= 0.3 is 6.03 Å². The van der Waals surface area contributed by atoms with Crippen LogP contribution in [0.2, 0.25) is 0 Å². The van der Waals surface area contributed by atoms with Gasteiger partial charge in [-0.3, -0.25) is 4.79 Å². The van der Waals surface area contributed by atoms with Crippen molar-refractivity contribution in [2.45, 2.75) is 19.5 Å². The lowest BCUT2D eigenvalue weighted by Crippen LogP contribution is -2.42. The Labute approximate surface area is 115 Å². The van der Waals surface area contributed by atoms with Crippen molar-refractivity contribution in [2.75, 3.05) is 6.54 Å². The third kappa shape index (κ3) is 2.42. The number of hydrogen-bond donors (Lipinski definition) is 3. The van der Waals surface area contributed by atoms with E-state index in [2.05, 4.69) is 20.9 Å². The van der Waals surface area contributed by atoms with E-state index < -0.39 is 6.04 Å². The van der Waals surface area contributed by atoms with Crippen molar-refractivity contribution in [2.24, 2.45) is 0 Å². The molecule has 0 spiro atoms. The van der Waals surface area contributed by atoms with Crippen LogP contribution >= 0.6 is 0 Å². The van der Waals surface area contributed by atoms with E-state index in [9.17, 15) is 9.59 Å². The lowest BCUT2D eigenvalue weighted by Gasteiger charge is -2.08. The molecule has 2 aromatic rings. The van der Waals surface area contributed by atoms with Gasteiger partial charge < -0.3 is 20.4 Å². The second kappa shape index (κ2) is 4.84. The van der Waals surface area contributed by atoms with E-state index >= 15 is 0 Å². The third-order valence-corrected chi connectivity index (χ3v) is 3.18. The molecule has 1 aliphatic rings. The van der Waals surface area contributed by atoms with Crippen molar-refractivity contribution in [3.63, 3.8) is 0 Å². The summed E-state index contributed by atoms with van der Waals surface area (Å²) in [7, 11) is 0. The first-order chi connectivity index (χ1) is 9.61. The van der Waals surface area contributed by atoms with Crippen LogP contribution in [0.1, 0.15) is 11.3 Å². The van der Waals surface area contributed by atoms with Crippen LogP contribution in [0.4, 0.5) is 4.79 Å². The van der Waals surface area contributed by atoms with Crippen LogP contribution in [-0.2, 0) is 11.3 Å². The molecule has 1 atom stereocenters. The van der Waals surface area contributed by atoms with Gasteiger partial charge in [0.1, 0.15) is 11.7 Å². The van der Waals surface area contributed by atoms with Gasteiger partial charge in [0.25, 0.3) is 0 Å². The number of hydrogen-bond acceptors (Lipinski definition) is 3. The first-order valence-electron chi connectivity index (χ1n) is 6.38. The lowest BCUT2D eigenvalue weighted by molar-refractivity contribution is -0.122. The highest BCUT2D eigenvalue weighted by Crippen LogP contribution is 2.07. The number of aromatic nitrogens is 2. The first-order valence-corrected chi connectivity index (χ1v) is 6.38. The quantitative estimate of drug-likeness (QED) is 0.732. The van der Waals surface area contributed by atoms with Crippen LogP contribution in [-0.4, -0.2) is 33.9 Å². The van der Waals surface area contributed by atoms with Crippen LogP contribution < -0.4 is 16.0 Å². The summed E-state index contributed by atoms with van der Waals surface area (Å²) < 4.78 is 1.93. The van der Waals surface area contributed by atoms with Crippen LogP contribution in [0.25, 0.3) is 5.65 Å². The molecule has 3 heterocycles. The van der Waals surface area contributed by atoms with Crippen LogP contribution in [0.5, 0.6) is 0 Å². The summed E-state index contributed by atoms with van der Waals surface area (Å²) in [6, 6.07) is 3.10. The Morgan fingerprint density at radius 1 is 1.50 bits per heavy atom. The first kappa shape index (κ1) is 12.5. The highest BCUT2D eigenvalue weighted by molar-refractivity contribution is 5.90. The number of carbonyl (C=O) groups is 2. The number of aryl methyl sites for hydroxylation is 1. The normalized spacial score (nSPS) is 17.9. The molecule has 3 amide bonds. The minimum absolute atomic E-state index is 0.211. The summed E-state index contributed by atoms with van der Waals surface area (Å²) in [5.74, 6) is -0.211. The molecule has 1 fully saturated rings. The maximum Gasteiger partial charge on any atom is 0.315 e. The zero-order chi connectivity index (χ0) is 14.1. The molecule has 0 bridgehead atoms. The predicted octanol–water partition coefficient (Wildman–Crippen LogP) is -0.0597. The fraction of sp³-hybridized carbons (Fsp3) is 0.308. The molecule has 3 rings (SSSR count). The van der Waals surface area contributed by atoms with Gasteiger partial charge in [-0.25, -0.2) is 9.78 Å². The number of pyridine rings is 1. The number of imidazole rings is 1. The molecule has 20 heavy (non-hydrogen) atoms. The van der Waals surface area contributed by atoms with Gasteiger partial charge in [0.15, 0.2) is 0 Å². The SMILES string of the molecule is Cc1ccc2nc(CNC(=O)[C@@H]3CNC(=O)N3)cn2c1. The maximum atomic E-state index is 11.8.